The lowest BCUT2D eigenvalue weighted by Crippen LogP contribution is -2.30. The molecule has 0 saturated heterocycles. The van der Waals surface area contributed by atoms with Crippen LogP contribution < -0.4 is 0 Å². The summed E-state index contributed by atoms with van der Waals surface area (Å²) < 4.78 is 16.9. The molecule has 6 heteroatoms. The van der Waals surface area contributed by atoms with E-state index < -0.39 is 6.10 Å². The first kappa shape index (κ1) is 71.2. The molecule has 0 spiro atoms. The van der Waals surface area contributed by atoms with Gasteiger partial charge in [0.25, 0.3) is 0 Å². The van der Waals surface area contributed by atoms with Crippen LogP contribution in [0.15, 0.2) is 12.2 Å². The number of carbonyl (C=O) groups is 3. The van der Waals surface area contributed by atoms with Gasteiger partial charge in [0.2, 0.25) is 0 Å². The van der Waals surface area contributed by atoms with Crippen LogP contribution in [0.2, 0.25) is 0 Å². The van der Waals surface area contributed by atoms with E-state index in [0.29, 0.717) is 19.3 Å². The van der Waals surface area contributed by atoms with Crippen LogP contribution in [0.4, 0.5) is 0 Å². The number of rotatable bonds is 62. The van der Waals surface area contributed by atoms with Crippen molar-refractivity contribution in [3.8, 4) is 0 Å². The van der Waals surface area contributed by atoms with Gasteiger partial charge in [-0.2, -0.15) is 0 Å². The van der Waals surface area contributed by atoms with Gasteiger partial charge in [0.15, 0.2) is 6.10 Å². The molecule has 0 N–H and O–H groups in total. The monoisotopic (exact) mass is 1030 g/mol. The summed E-state index contributed by atoms with van der Waals surface area (Å²) >= 11 is 0. The fourth-order valence-electron chi connectivity index (χ4n) is 10.3. The molecule has 0 aromatic heterocycles. The quantitative estimate of drug-likeness (QED) is 0.0261. The predicted molar refractivity (Wildman–Crippen MR) is 317 cm³/mol. The number of unbranched alkanes of at least 4 members (excludes halogenated alkanes) is 49. The molecule has 1 unspecified atom stereocenters. The molecule has 1 atom stereocenters. The normalized spacial score (nSPS) is 12.0. The smallest absolute Gasteiger partial charge is 0.306 e. The van der Waals surface area contributed by atoms with Crippen molar-refractivity contribution in [3.63, 3.8) is 0 Å². The van der Waals surface area contributed by atoms with Crippen LogP contribution >= 0.6 is 0 Å². The fraction of sp³-hybridized carbons (Fsp3) is 0.925. The molecular weight excluding hydrogens is 901 g/mol. The van der Waals surface area contributed by atoms with Crippen molar-refractivity contribution in [3.05, 3.63) is 12.2 Å². The van der Waals surface area contributed by atoms with E-state index in [2.05, 4.69) is 32.9 Å². The number of hydrogen-bond acceptors (Lipinski definition) is 6. The largest absolute Gasteiger partial charge is 0.462 e. The topological polar surface area (TPSA) is 78.9 Å². The fourth-order valence-corrected chi connectivity index (χ4v) is 10.3. The second-order valence-corrected chi connectivity index (χ2v) is 22.7. The summed E-state index contributed by atoms with van der Waals surface area (Å²) in [5, 5.41) is 0. The first-order valence-electron chi connectivity index (χ1n) is 33.2. The van der Waals surface area contributed by atoms with Crippen LogP contribution in [0.3, 0.4) is 0 Å². The summed E-state index contributed by atoms with van der Waals surface area (Å²) in [5.41, 5.74) is 0. The molecule has 0 bridgehead atoms. The van der Waals surface area contributed by atoms with Gasteiger partial charge in [0, 0.05) is 19.3 Å². The molecular formula is C67H128O6. The third-order valence-electron chi connectivity index (χ3n) is 15.3. The SMILES string of the molecule is CCCCC/C=C\CCCCCCCC(=O)OC(COC(=O)CCCCCCCCCCCC)COC(=O)CCCCCCCCCCCCCCCCCCCCCCCCCCCCCCCCCCC. The average Bonchev–Trinajstić information content (AvgIpc) is 3.39. The van der Waals surface area contributed by atoms with E-state index >= 15 is 0 Å². The van der Waals surface area contributed by atoms with Crippen molar-refractivity contribution in [2.24, 2.45) is 0 Å². The van der Waals surface area contributed by atoms with Gasteiger partial charge in [-0.15, -0.1) is 0 Å². The second-order valence-electron chi connectivity index (χ2n) is 22.7. The van der Waals surface area contributed by atoms with E-state index in [0.717, 1.165) is 64.2 Å². The van der Waals surface area contributed by atoms with E-state index in [9.17, 15) is 14.4 Å². The summed E-state index contributed by atoms with van der Waals surface area (Å²) in [4.78, 5) is 38.1. The first-order chi connectivity index (χ1) is 36.0. The Balaban J connectivity index is 3.94. The van der Waals surface area contributed by atoms with Gasteiger partial charge in [-0.25, -0.2) is 0 Å². The Kier molecular flexibility index (Phi) is 61.1. The van der Waals surface area contributed by atoms with E-state index in [4.69, 9.17) is 14.2 Å². The predicted octanol–water partition coefficient (Wildman–Crippen LogP) is 22.4. The third-order valence-corrected chi connectivity index (χ3v) is 15.3. The molecule has 0 heterocycles. The molecule has 0 aliphatic rings. The summed E-state index contributed by atoms with van der Waals surface area (Å²) in [7, 11) is 0. The van der Waals surface area contributed by atoms with E-state index in [1.165, 1.54) is 276 Å². The van der Waals surface area contributed by atoms with E-state index in [1.807, 2.05) is 0 Å². The van der Waals surface area contributed by atoms with E-state index in [1.54, 1.807) is 0 Å². The van der Waals surface area contributed by atoms with Gasteiger partial charge in [-0.05, 0) is 44.9 Å². The number of esters is 3. The number of hydrogen-bond donors (Lipinski definition) is 0. The molecule has 0 aliphatic heterocycles. The Bertz CT molecular complexity index is 1130. The summed E-state index contributed by atoms with van der Waals surface area (Å²) in [6, 6.07) is 0. The molecule has 0 amide bonds. The summed E-state index contributed by atoms with van der Waals surface area (Å²) in [5.74, 6) is -0.855. The zero-order chi connectivity index (χ0) is 52.9. The van der Waals surface area contributed by atoms with Crippen LogP contribution in [-0.4, -0.2) is 37.2 Å². The highest BCUT2D eigenvalue weighted by atomic mass is 16.6. The Morgan fingerprint density at radius 3 is 0.712 bits per heavy atom. The minimum Gasteiger partial charge on any atom is -0.462 e. The molecule has 0 saturated carbocycles. The highest BCUT2D eigenvalue weighted by Crippen LogP contribution is 2.19. The molecule has 73 heavy (non-hydrogen) atoms. The van der Waals surface area contributed by atoms with Gasteiger partial charge >= 0.3 is 17.9 Å². The Morgan fingerprint density at radius 1 is 0.260 bits per heavy atom. The lowest BCUT2D eigenvalue weighted by molar-refractivity contribution is -0.167. The van der Waals surface area contributed by atoms with Crippen molar-refractivity contribution < 1.29 is 28.6 Å². The third kappa shape index (κ3) is 60.9. The number of carbonyl (C=O) groups excluding carboxylic acids is 3. The van der Waals surface area contributed by atoms with Crippen molar-refractivity contribution in [2.45, 2.75) is 386 Å². The molecule has 0 aliphatic carbocycles. The molecule has 0 rings (SSSR count). The van der Waals surface area contributed by atoms with Gasteiger partial charge in [0.1, 0.15) is 13.2 Å². The lowest BCUT2D eigenvalue weighted by atomic mass is 10.0. The summed E-state index contributed by atoms with van der Waals surface area (Å²) in [6.07, 6.45) is 74.1. The maximum Gasteiger partial charge on any atom is 0.306 e. The maximum atomic E-state index is 12.8. The van der Waals surface area contributed by atoms with Gasteiger partial charge in [0.05, 0.1) is 0 Å². The van der Waals surface area contributed by atoms with Crippen molar-refractivity contribution >= 4 is 17.9 Å². The number of allylic oxidation sites excluding steroid dienone is 2. The zero-order valence-corrected chi connectivity index (χ0v) is 49.7. The average molecular weight is 1030 g/mol. The minimum atomic E-state index is -0.768. The first-order valence-corrected chi connectivity index (χ1v) is 33.2. The molecule has 6 nitrogen and oxygen atoms in total. The molecule has 0 aromatic rings. The standard InChI is InChI=1S/C67H128O6/c1-4-7-10-13-16-19-22-24-25-26-27-28-29-30-31-32-33-34-35-36-37-38-39-40-41-42-43-44-46-48-51-54-57-60-66(69)72-63-64(62-71-65(68)59-56-53-50-47-21-18-15-12-9-6-3)73-67(70)61-58-55-52-49-45-23-20-17-14-11-8-5-2/h17,20,64H,4-16,18-19,21-63H2,1-3H3/b20-17-. The molecule has 0 radical (unpaired) electrons. The highest BCUT2D eigenvalue weighted by Gasteiger charge is 2.19. The number of ether oxygens (including phenoxy) is 3. The van der Waals surface area contributed by atoms with Crippen molar-refractivity contribution in [2.75, 3.05) is 13.2 Å². The minimum absolute atomic E-state index is 0.0677. The maximum absolute atomic E-state index is 12.8. The van der Waals surface area contributed by atoms with Crippen LogP contribution in [0.1, 0.15) is 380 Å². The van der Waals surface area contributed by atoms with Gasteiger partial charge in [-0.1, -0.05) is 328 Å². The van der Waals surface area contributed by atoms with Crippen LogP contribution in [0.5, 0.6) is 0 Å². The van der Waals surface area contributed by atoms with Crippen LogP contribution in [0.25, 0.3) is 0 Å². The molecule has 0 fully saturated rings. The van der Waals surface area contributed by atoms with Gasteiger partial charge in [-0.3, -0.25) is 14.4 Å². The van der Waals surface area contributed by atoms with Gasteiger partial charge < -0.3 is 14.2 Å². The molecule has 0 aromatic carbocycles. The highest BCUT2D eigenvalue weighted by molar-refractivity contribution is 5.71. The zero-order valence-electron chi connectivity index (χ0n) is 49.7. The Hall–Kier alpha value is -1.85. The van der Waals surface area contributed by atoms with Crippen molar-refractivity contribution in [1.29, 1.82) is 0 Å². The van der Waals surface area contributed by atoms with Crippen LogP contribution in [-0.2, 0) is 28.6 Å². The van der Waals surface area contributed by atoms with Crippen LogP contribution in [0, 0.1) is 0 Å². The molecule has 432 valence electrons. The second kappa shape index (κ2) is 62.7. The Labute approximate surface area is 456 Å². The lowest BCUT2D eigenvalue weighted by Gasteiger charge is -2.18. The Morgan fingerprint density at radius 2 is 0.452 bits per heavy atom. The van der Waals surface area contributed by atoms with Crippen molar-refractivity contribution in [1.82, 2.24) is 0 Å². The van der Waals surface area contributed by atoms with E-state index in [-0.39, 0.29) is 31.1 Å². The summed E-state index contributed by atoms with van der Waals surface area (Å²) in [6.45, 7) is 6.66.